The van der Waals surface area contributed by atoms with Crippen molar-refractivity contribution in [1.82, 2.24) is 15.0 Å². The van der Waals surface area contributed by atoms with E-state index in [-0.39, 0.29) is 0 Å². The number of rotatable bonds is 4. The van der Waals surface area contributed by atoms with Crippen LogP contribution in [0.25, 0.3) is 44.9 Å². The summed E-state index contributed by atoms with van der Waals surface area (Å²) >= 11 is 0. The highest BCUT2D eigenvalue weighted by Crippen LogP contribution is 2.28. The van der Waals surface area contributed by atoms with Crippen LogP contribution >= 0.6 is 0 Å². The zero-order valence-corrected chi connectivity index (χ0v) is 17.2. The van der Waals surface area contributed by atoms with E-state index in [4.69, 9.17) is 9.97 Å². The first-order valence-electron chi connectivity index (χ1n) is 10.3. The molecular formula is C28H21N3. The summed E-state index contributed by atoms with van der Waals surface area (Å²) in [6.07, 6.45) is 3.62. The zero-order valence-electron chi connectivity index (χ0n) is 17.2. The number of nitrogens with zero attached hydrogens (tertiary/aromatic N) is 3. The van der Waals surface area contributed by atoms with E-state index >= 15 is 0 Å². The molecule has 5 rings (SSSR count). The lowest BCUT2D eigenvalue weighted by Gasteiger charge is -2.09. The first-order valence-corrected chi connectivity index (χ1v) is 10.3. The Labute approximate surface area is 182 Å². The maximum atomic E-state index is 4.89. The summed E-state index contributed by atoms with van der Waals surface area (Å²) < 4.78 is 0. The normalized spacial score (nSPS) is 10.7. The second kappa shape index (κ2) is 8.33. The van der Waals surface area contributed by atoms with Gasteiger partial charge in [-0.15, -0.1) is 0 Å². The largest absolute Gasteiger partial charge is 0.265 e. The van der Waals surface area contributed by atoms with Gasteiger partial charge in [0.05, 0.1) is 5.69 Å². The summed E-state index contributed by atoms with van der Waals surface area (Å²) in [5, 5.41) is 0. The molecule has 0 aliphatic carbocycles. The molecule has 0 aliphatic heterocycles. The van der Waals surface area contributed by atoms with E-state index in [1.165, 1.54) is 11.1 Å². The number of hydrogen-bond acceptors (Lipinski definition) is 3. The Balaban J connectivity index is 1.50. The second-order valence-electron chi connectivity index (χ2n) is 7.48. The summed E-state index contributed by atoms with van der Waals surface area (Å²) in [5.41, 5.74) is 8.63. The van der Waals surface area contributed by atoms with Crippen LogP contribution in [0.5, 0.6) is 0 Å². The van der Waals surface area contributed by atoms with Gasteiger partial charge in [-0.2, -0.15) is 0 Å². The van der Waals surface area contributed by atoms with Crippen LogP contribution in [0.2, 0.25) is 0 Å². The molecule has 3 aromatic carbocycles. The van der Waals surface area contributed by atoms with E-state index in [0.717, 1.165) is 39.5 Å². The summed E-state index contributed by atoms with van der Waals surface area (Å²) in [5.74, 6) is 0.737. The van der Waals surface area contributed by atoms with Crippen LogP contribution < -0.4 is 0 Å². The summed E-state index contributed by atoms with van der Waals surface area (Å²) in [4.78, 5) is 13.7. The number of pyridine rings is 1. The predicted octanol–water partition coefficient (Wildman–Crippen LogP) is 6.85. The molecule has 148 valence electrons. The molecule has 0 amide bonds. The topological polar surface area (TPSA) is 38.7 Å². The zero-order chi connectivity index (χ0) is 21.0. The van der Waals surface area contributed by atoms with Crippen LogP contribution in [0.3, 0.4) is 0 Å². The maximum absolute atomic E-state index is 4.89. The fourth-order valence-corrected chi connectivity index (χ4v) is 3.69. The molecule has 2 aromatic heterocycles. The van der Waals surface area contributed by atoms with Crippen LogP contribution in [0.1, 0.15) is 5.69 Å². The van der Waals surface area contributed by atoms with Crippen molar-refractivity contribution in [2.75, 3.05) is 0 Å². The lowest BCUT2D eigenvalue weighted by molar-refractivity contribution is 1.12. The van der Waals surface area contributed by atoms with Gasteiger partial charge in [0.1, 0.15) is 0 Å². The van der Waals surface area contributed by atoms with Gasteiger partial charge in [-0.3, -0.25) is 4.98 Å². The Morgan fingerprint density at radius 3 is 1.87 bits per heavy atom. The average Bonchev–Trinajstić information content (AvgIpc) is 2.85. The molecule has 5 aromatic rings. The van der Waals surface area contributed by atoms with Crippen molar-refractivity contribution < 1.29 is 0 Å². The molecule has 0 saturated carbocycles. The van der Waals surface area contributed by atoms with E-state index < -0.39 is 0 Å². The van der Waals surface area contributed by atoms with Crippen LogP contribution in [0, 0.1) is 6.92 Å². The molecule has 3 nitrogen and oxygen atoms in total. The first-order chi connectivity index (χ1) is 15.3. The molecule has 3 heteroatoms. The van der Waals surface area contributed by atoms with Crippen LogP contribution in [0.15, 0.2) is 109 Å². The van der Waals surface area contributed by atoms with Crippen molar-refractivity contribution in [1.29, 1.82) is 0 Å². The van der Waals surface area contributed by atoms with Gasteiger partial charge in [0.15, 0.2) is 5.82 Å². The van der Waals surface area contributed by atoms with Crippen molar-refractivity contribution in [3.8, 4) is 44.9 Å². The highest BCUT2D eigenvalue weighted by molar-refractivity contribution is 5.73. The molecule has 0 radical (unpaired) electrons. The first kappa shape index (κ1) is 18.9. The minimum atomic E-state index is 0.737. The number of benzene rings is 3. The lowest BCUT2D eigenvalue weighted by atomic mass is 10.0. The van der Waals surface area contributed by atoms with Gasteiger partial charge in [-0.1, -0.05) is 72.8 Å². The van der Waals surface area contributed by atoms with E-state index in [9.17, 15) is 0 Å². The summed E-state index contributed by atoms with van der Waals surface area (Å²) in [6.45, 7) is 2.01. The molecule has 0 atom stereocenters. The molecular weight excluding hydrogens is 378 g/mol. The Bertz CT molecular complexity index is 1310. The van der Waals surface area contributed by atoms with E-state index in [2.05, 4.69) is 77.8 Å². The molecule has 0 aliphatic rings. The van der Waals surface area contributed by atoms with Crippen molar-refractivity contribution >= 4 is 0 Å². The molecule has 0 bridgehead atoms. The van der Waals surface area contributed by atoms with Crippen LogP contribution in [-0.4, -0.2) is 15.0 Å². The maximum Gasteiger partial charge on any atom is 0.160 e. The Morgan fingerprint density at radius 2 is 1.10 bits per heavy atom. The SMILES string of the molecule is Cc1cc(-c2cccc(-c3ccccc3)c2)nc(-c2ccc(-c3ccncc3)cc2)n1. The number of hydrogen-bond donors (Lipinski definition) is 0. The molecule has 0 unspecified atom stereocenters. The van der Waals surface area contributed by atoms with Crippen molar-refractivity contribution in [2.45, 2.75) is 6.92 Å². The fourth-order valence-electron chi connectivity index (χ4n) is 3.69. The highest BCUT2D eigenvalue weighted by Gasteiger charge is 2.09. The molecule has 0 fully saturated rings. The van der Waals surface area contributed by atoms with Crippen molar-refractivity contribution in [2.24, 2.45) is 0 Å². The van der Waals surface area contributed by atoms with Gasteiger partial charge in [0.25, 0.3) is 0 Å². The molecule has 0 saturated heterocycles. The van der Waals surface area contributed by atoms with Gasteiger partial charge in [-0.25, -0.2) is 9.97 Å². The van der Waals surface area contributed by atoms with Gasteiger partial charge in [-0.05, 0) is 53.4 Å². The Kier molecular flexibility index (Phi) is 5.07. The third-order valence-corrected chi connectivity index (χ3v) is 5.28. The average molecular weight is 399 g/mol. The van der Waals surface area contributed by atoms with E-state index in [1.807, 2.05) is 43.6 Å². The third-order valence-electron chi connectivity index (χ3n) is 5.28. The standard InChI is InChI=1S/C28H21N3/c1-20-18-27(26-9-5-8-25(19-26)21-6-3-2-4-7-21)31-28(30-20)24-12-10-22(11-13-24)23-14-16-29-17-15-23/h2-19H,1H3. The number of aromatic nitrogens is 3. The monoisotopic (exact) mass is 399 g/mol. The van der Waals surface area contributed by atoms with Gasteiger partial charge in [0.2, 0.25) is 0 Å². The molecule has 31 heavy (non-hydrogen) atoms. The summed E-state index contributed by atoms with van der Waals surface area (Å²) in [6, 6.07) is 33.3. The highest BCUT2D eigenvalue weighted by atomic mass is 14.9. The van der Waals surface area contributed by atoms with Gasteiger partial charge >= 0.3 is 0 Å². The van der Waals surface area contributed by atoms with Crippen LogP contribution in [-0.2, 0) is 0 Å². The summed E-state index contributed by atoms with van der Waals surface area (Å²) in [7, 11) is 0. The van der Waals surface area contributed by atoms with Crippen molar-refractivity contribution in [3.63, 3.8) is 0 Å². The van der Waals surface area contributed by atoms with Gasteiger partial charge < -0.3 is 0 Å². The van der Waals surface area contributed by atoms with Crippen molar-refractivity contribution in [3.05, 3.63) is 115 Å². The molecule has 0 spiro atoms. The minimum Gasteiger partial charge on any atom is -0.265 e. The number of aryl methyl sites for hydroxylation is 1. The minimum absolute atomic E-state index is 0.737. The quantitative estimate of drug-likeness (QED) is 0.332. The smallest absolute Gasteiger partial charge is 0.160 e. The Morgan fingerprint density at radius 1 is 0.484 bits per heavy atom. The third kappa shape index (κ3) is 4.12. The van der Waals surface area contributed by atoms with E-state index in [1.54, 1.807) is 0 Å². The second-order valence-corrected chi connectivity index (χ2v) is 7.48. The van der Waals surface area contributed by atoms with E-state index in [0.29, 0.717) is 0 Å². The fraction of sp³-hybridized carbons (Fsp3) is 0.0357. The Hall–Kier alpha value is -4.11. The lowest BCUT2D eigenvalue weighted by Crippen LogP contribution is -1.95. The van der Waals surface area contributed by atoms with Crippen LogP contribution in [0.4, 0.5) is 0 Å². The van der Waals surface area contributed by atoms with Gasteiger partial charge in [0, 0.05) is 29.2 Å². The predicted molar refractivity (Wildman–Crippen MR) is 126 cm³/mol. The molecule has 0 N–H and O–H groups in total. The molecule has 2 heterocycles.